The van der Waals surface area contributed by atoms with Gasteiger partial charge in [-0.05, 0) is 31.8 Å². The number of rotatable bonds is 5. The van der Waals surface area contributed by atoms with Gasteiger partial charge in [0.25, 0.3) is 0 Å². The fourth-order valence-electron chi connectivity index (χ4n) is 2.52. The highest BCUT2D eigenvalue weighted by molar-refractivity contribution is 4.98. The Morgan fingerprint density at radius 1 is 1.59 bits per heavy atom. The van der Waals surface area contributed by atoms with Crippen molar-refractivity contribution in [3.63, 3.8) is 0 Å². The Bertz CT molecular complexity index is 338. The minimum Gasteiger partial charge on any atom is -0.449 e. The third-order valence-electron chi connectivity index (χ3n) is 3.48. The number of aliphatic hydroxyl groups excluding tert-OH is 1. The lowest BCUT2D eigenvalue weighted by atomic mass is 9.95. The maximum absolute atomic E-state index is 8.83. The van der Waals surface area contributed by atoms with Gasteiger partial charge in [-0.25, -0.2) is 4.98 Å². The highest BCUT2D eigenvalue weighted by atomic mass is 16.3. The average Bonchev–Trinajstić information content (AvgIpc) is 2.77. The van der Waals surface area contributed by atoms with Crippen molar-refractivity contribution in [2.45, 2.75) is 32.6 Å². The zero-order valence-electron chi connectivity index (χ0n) is 10.6. The molecule has 1 atom stereocenters. The van der Waals surface area contributed by atoms with Crippen LogP contribution in [0, 0.1) is 5.92 Å². The molecule has 0 aromatic carbocycles. The molecule has 1 aliphatic heterocycles. The molecule has 0 aliphatic carbocycles. The third-order valence-corrected chi connectivity index (χ3v) is 3.48. The monoisotopic (exact) mass is 238 g/mol. The Hall–Kier alpha value is -0.870. The minimum atomic E-state index is 0.138. The highest BCUT2D eigenvalue weighted by Gasteiger charge is 2.20. The molecule has 4 heteroatoms. The van der Waals surface area contributed by atoms with Gasteiger partial charge in [0.15, 0.2) is 5.89 Å². The molecule has 1 saturated heterocycles. The van der Waals surface area contributed by atoms with Crippen molar-refractivity contribution in [2.75, 3.05) is 26.2 Å². The first-order chi connectivity index (χ1) is 8.31. The molecular weight excluding hydrogens is 216 g/mol. The fraction of sp³-hybridized carbons (Fsp3) is 0.769. The summed E-state index contributed by atoms with van der Waals surface area (Å²) in [6, 6.07) is 0. The molecule has 1 aromatic heterocycles. The molecule has 2 heterocycles. The summed E-state index contributed by atoms with van der Waals surface area (Å²) < 4.78 is 5.45. The predicted molar refractivity (Wildman–Crippen MR) is 65.8 cm³/mol. The number of aliphatic hydroxyl groups is 1. The van der Waals surface area contributed by atoms with Crippen LogP contribution in [-0.2, 0) is 12.8 Å². The molecule has 0 radical (unpaired) electrons. The van der Waals surface area contributed by atoms with E-state index in [0.29, 0.717) is 12.3 Å². The second-order valence-electron chi connectivity index (χ2n) is 4.81. The molecule has 0 saturated carbocycles. The third kappa shape index (κ3) is 3.54. The molecule has 0 amide bonds. The normalized spacial score (nSPS) is 21.9. The summed E-state index contributed by atoms with van der Waals surface area (Å²) in [5.74, 6) is 1.50. The van der Waals surface area contributed by atoms with Crippen LogP contribution in [-0.4, -0.2) is 41.2 Å². The van der Waals surface area contributed by atoms with E-state index >= 15 is 0 Å². The van der Waals surface area contributed by atoms with Crippen molar-refractivity contribution in [2.24, 2.45) is 5.92 Å². The second-order valence-corrected chi connectivity index (χ2v) is 4.81. The van der Waals surface area contributed by atoms with E-state index in [1.165, 1.54) is 19.4 Å². The van der Waals surface area contributed by atoms with Crippen molar-refractivity contribution in [3.05, 3.63) is 17.8 Å². The summed E-state index contributed by atoms with van der Waals surface area (Å²) in [4.78, 5) is 6.89. The van der Waals surface area contributed by atoms with Crippen LogP contribution in [0.2, 0.25) is 0 Å². The van der Waals surface area contributed by atoms with Crippen LogP contribution >= 0.6 is 0 Å². The standard InChI is InChI=1S/C13H22N2O2/c1-2-15-6-3-4-11(9-15)8-13-14-12(5-7-16)10-17-13/h10-11,16H,2-9H2,1H3. The van der Waals surface area contributed by atoms with E-state index in [-0.39, 0.29) is 6.61 Å². The summed E-state index contributed by atoms with van der Waals surface area (Å²) >= 11 is 0. The van der Waals surface area contributed by atoms with E-state index in [9.17, 15) is 0 Å². The van der Waals surface area contributed by atoms with Crippen molar-refractivity contribution < 1.29 is 9.52 Å². The number of likely N-dealkylation sites (tertiary alicyclic amines) is 1. The lowest BCUT2D eigenvalue weighted by Gasteiger charge is -2.31. The molecule has 4 nitrogen and oxygen atoms in total. The summed E-state index contributed by atoms with van der Waals surface area (Å²) in [7, 11) is 0. The number of piperidine rings is 1. The topological polar surface area (TPSA) is 49.5 Å². The number of oxazole rings is 1. The Labute approximate surface area is 103 Å². The van der Waals surface area contributed by atoms with E-state index in [1.807, 2.05) is 0 Å². The SMILES string of the molecule is CCN1CCCC(Cc2nc(CCO)co2)C1. The zero-order chi connectivity index (χ0) is 12.1. The lowest BCUT2D eigenvalue weighted by molar-refractivity contribution is 0.176. The molecule has 1 unspecified atom stereocenters. The summed E-state index contributed by atoms with van der Waals surface area (Å²) in [5, 5.41) is 8.83. The quantitative estimate of drug-likeness (QED) is 0.844. The second kappa shape index (κ2) is 6.17. The van der Waals surface area contributed by atoms with Gasteiger partial charge in [0.2, 0.25) is 0 Å². The maximum Gasteiger partial charge on any atom is 0.194 e. The van der Waals surface area contributed by atoms with Crippen molar-refractivity contribution >= 4 is 0 Å². The summed E-state index contributed by atoms with van der Waals surface area (Å²) in [6.45, 7) is 5.88. The first kappa shape index (κ1) is 12.6. The number of hydrogen-bond acceptors (Lipinski definition) is 4. The lowest BCUT2D eigenvalue weighted by Crippen LogP contribution is -2.35. The van der Waals surface area contributed by atoms with Gasteiger partial charge >= 0.3 is 0 Å². The van der Waals surface area contributed by atoms with E-state index < -0.39 is 0 Å². The fourth-order valence-corrected chi connectivity index (χ4v) is 2.52. The van der Waals surface area contributed by atoms with E-state index in [4.69, 9.17) is 9.52 Å². The molecule has 1 fully saturated rings. The zero-order valence-corrected chi connectivity index (χ0v) is 10.6. The minimum absolute atomic E-state index is 0.138. The van der Waals surface area contributed by atoms with Gasteiger partial charge in [-0.3, -0.25) is 0 Å². The van der Waals surface area contributed by atoms with Crippen LogP contribution in [0.25, 0.3) is 0 Å². The van der Waals surface area contributed by atoms with Crippen molar-refractivity contribution in [3.8, 4) is 0 Å². The molecule has 1 N–H and O–H groups in total. The number of hydrogen-bond donors (Lipinski definition) is 1. The van der Waals surface area contributed by atoms with Crippen LogP contribution in [0.5, 0.6) is 0 Å². The van der Waals surface area contributed by atoms with Crippen LogP contribution < -0.4 is 0 Å². The van der Waals surface area contributed by atoms with Crippen LogP contribution in [0.4, 0.5) is 0 Å². The molecule has 0 bridgehead atoms. The molecule has 2 rings (SSSR count). The van der Waals surface area contributed by atoms with Gasteiger partial charge in [-0.15, -0.1) is 0 Å². The largest absolute Gasteiger partial charge is 0.449 e. The van der Waals surface area contributed by atoms with Crippen LogP contribution in [0.3, 0.4) is 0 Å². The summed E-state index contributed by atoms with van der Waals surface area (Å²) in [5.41, 5.74) is 0.866. The van der Waals surface area contributed by atoms with E-state index in [0.717, 1.165) is 31.1 Å². The van der Waals surface area contributed by atoms with Gasteiger partial charge in [0, 0.05) is 26.0 Å². The number of nitrogens with zero attached hydrogens (tertiary/aromatic N) is 2. The molecule has 17 heavy (non-hydrogen) atoms. The summed E-state index contributed by atoms with van der Waals surface area (Å²) in [6.07, 6.45) is 5.75. The molecule has 1 aliphatic rings. The Balaban J connectivity index is 1.86. The van der Waals surface area contributed by atoms with Gasteiger partial charge < -0.3 is 14.4 Å². The highest BCUT2D eigenvalue weighted by Crippen LogP contribution is 2.20. The first-order valence-corrected chi connectivity index (χ1v) is 6.58. The Kier molecular flexibility index (Phi) is 4.57. The Morgan fingerprint density at radius 3 is 3.24 bits per heavy atom. The van der Waals surface area contributed by atoms with Crippen molar-refractivity contribution in [1.82, 2.24) is 9.88 Å². The van der Waals surface area contributed by atoms with E-state index in [2.05, 4.69) is 16.8 Å². The molecule has 0 spiro atoms. The van der Waals surface area contributed by atoms with Gasteiger partial charge in [0.1, 0.15) is 6.26 Å². The van der Waals surface area contributed by atoms with Gasteiger partial charge in [-0.2, -0.15) is 0 Å². The van der Waals surface area contributed by atoms with Crippen LogP contribution in [0.1, 0.15) is 31.4 Å². The molecular formula is C13H22N2O2. The van der Waals surface area contributed by atoms with Gasteiger partial charge in [0.05, 0.1) is 5.69 Å². The predicted octanol–water partition coefficient (Wildman–Crippen LogP) is 1.48. The average molecular weight is 238 g/mol. The number of aromatic nitrogens is 1. The smallest absolute Gasteiger partial charge is 0.194 e. The van der Waals surface area contributed by atoms with Crippen LogP contribution in [0.15, 0.2) is 10.7 Å². The molecule has 96 valence electrons. The maximum atomic E-state index is 8.83. The first-order valence-electron chi connectivity index (χ1n) is 6.58. The van der Waals surface area contributed by atoms with Crippen molar-refractivity contribution in [1.29, 1.82) is 0 Å². The Morgan fingerprint density at radius 2 is 2.47 bits per heavy atom. The van der Waals surface area contributed by atoms with E-state index in [1.54, 1.807) is 6.26 Å². The molecule has 1 aromatic rings. The van der Waals surface area contributed by atoms with Gasteiger partial charge in [-0.1, -0.05) is 6.92 Å².